The Morgan fingerprint density at radius 1 is 1.00 bits per heavy atom. The molecule has 0 aliphatic carbocycles. The third kappa shape index (κ3) is 4.57. The average molecular weight is 406 g/mol. The number of hydrogen-bond donors (Lipinski definition) is 2. The van der Waals surface area contributed by atoms with E-state index in [0.29, 0.717) is 31.8 Å². The fraction of sp³-hybridized carbons (Fsp3) is 0.440. The second-order valence-corrected chi connectivity index (χ2v) is 8.77. The zero-order valence-electron chi connectivity index (χ0n) is 17.9. The number of likely N-dealkylation sites (tertiary alicyclic amines) is 1. The Morgan fingerprint density at radius 2 is 1.67 bits per heavy atom. The van der Waals surface area contributed by atoms with E-state index in [0.717, 1.165) is 18.7 Å². The summed E-state index contributed by atoms with van der Waals surface area (Å²) >= 11 is 0. The molecule has 30 heavy (non-hydrogen) atoms. The highest BCUT2D eigenvalue weighted by Crippen LogP contribution is 2.23. The summed E-state index contributed by atoms with van der Waals surface area (Å²) in [5.41, 5.74) is 4.64. The van der Waals surface area contributed by atoms with E-state index in [1.165, 1.54) is 16.7 Å². The number of rotatable bonds is 4. The molecule has 4 rings (SSSR count). The number of piperidine rings is 1. The van der Waals surface area contributed by atoms with Crippen molar-refractivity contribution in [3.8, 4) is 0 Å². The van der Waals surface area contributed by atoms with Crippen LogP contribution >= 0.6 is 0 Å². The van der Waals surface area contributed by atoms with Gasteiger partial charge in [-0.1, -0.05) is 50.2 Å². The van der Waals surface area contributed by atoms with Crippen LogP contribution in [0.5, 0.6) is 0 Å². The van der Waals surface area contributed by atoms with Gasteiger partial charge in [0.25, 0.3) is 0 Å². The quantitative estimate of drug-likeness (QED) is 0.815. The molecule has 0 saturated carbocycles. The van der Waals surface area contributed by atoms with Gasteiger partial charge in [0.05, 0.1) is 6.04 Å². The highest BCUT2D eigenvalue weighted by Gasteiger charge is 2.32. The van der Waals surface area contributed by atoms with Crippen LogP contribution in [-0.4, -0.2) is 35.8 Å². The summed E-state index contributed by atoms with van der Waals surface area (Å²) in [5.74, 6) is 0.652. The minimum absolute atomic E-state index is 0.0427. The monoisotopic (exact) mass is 405 g/mol. The second kappa shape index (κ2) is 9.00. The van der Waals surface area contributed by atoms with Crippen molar-refractivity contribution < 1.29 is 9.59 Å². The Hall–Kier alpha value is -2.66. The lowest BCUT2D eigenvalue weighted by Gasteiger charge is -2.35. The first-order valence-corrected chi connectivity index (χ1v) is 11.0. The first kappa shape index (κ1) is 20.6. The van der Waals surface area contributed by atoms with Crippen LogP contribution in [0.25, 0.3) is 0 Å². The minimum atomic E-state index is -0.162. The number of carbonyl (C=O) groups is 2. The molecule has 1 atom stereocenters. The summed E-state index contributed by atoms with van der Waals surface area (Å²) in [6.07, 6.45) is 2.16. The van der Waals surface area contributed by atoms with E-state index < -0.39 is 0 Å². The van der Waals surface area contributed by atoms with Gasteiger partial charge in [0, 0.05) is 31.2 Å². The highest BCUT2D eigenvalue weighted by atomic mass is 16.2. The molecule has 0 aromatic heterocycles. The van der Waals surface area contributed by atoms with E-state index >= 15 is 0 Å². The number of carbonyl (C=O) groups excluding carboxylic acids is 2. The molecular weight excluding hydrogens is 374 g/mol. The zero-order valence-corrected chi connectivity index (χ0v) is 17.9. The van der Waals surface area contributed by atoms with Crippen LogP contribution in [0.2, 0.25) is 0 Å². The molecule has 2 aromatic carbocycles. The van der Waals surface area contributed by atoms with E-state index in [1.807, 2.05) is 29.2 Å². The van der Waals surface area contributed by atoms with Gasteiger partial charge in [-0.05, 0) is 54.0 Å². The van der Waals surface area contributed by atoms with E-state index in [4.69, 9.17) is 0 Å². The van der Waals surface area contributed by atoms with Gasteiger partial charge in [0.1, 0.15) is 0 Å². The van der Waals surface area contributed by atoms with Crippen molar-refractivity contribution in [3.05, 3.63) is 65.2 Å². The Balaban J connectivity index is 1.28. The van der Waals surface area contributed by atoms with E-state index in [1.54, 1.807) is 0 Å². The van der Waals surface area contributed by atoms with Crippen molar-refractivity contribution in [1.29, 1.82) is 0 Å². The molecule has 1 fully saturated rings. The van der Waals surface area contributed by atoms with Crippen LogP contribution in [-0.2, 0) is 22.6 Å². The number of nitrogens with zero attached hydrogens (tertiary/aromatic N) is 1. The fourth-order valence-corrected chi connectivity index (χ4v) is 4.41. The molecule has 0 bridgehead atoms. The van der Waals surface area contributed by atoms with Crippen LogP contribution in [0.3, 0.4) is 0 Å². The molecule has 2 heterocycles. The predicted octanol–water partition coefficient (Wildman–Crippen LogP) is 3.70. The van der Waals surface area contributed by atoms with Crippen LogP contribution in [0.15, 0.2) is 48.5 Å². The van der Waals surface area contributed by atoms with Gasteiger partial charge < -0.3 is 15.5 Å². The van der Waals surface area contributed by atoms with Gasteiger partial charge in [-0.25, -0.2) is 0 Å². The van der Waals surface area contributed by atoms with Crippen LogP contribution in [0, 0.1) is 5.92 Å². The molecule has 2 aliphatic rings. The molecular formula is C25H31N3O2. The standard InChI is InChI=1S/C25H31N3O2/c1-17(2)18-7-9-22(10-8-18)27-24(29)19-11-13-28(14-12-19)25(30)23-15-20-5-3-4-6-21(20)16-26-23/h3-10,17,19,23,26H,11-16H2,1-2H3,(H,27,29)/t23-/m0/s1. The van der Waals surface area contributed by atoms with Gasteiger partial charge in [-0.15, -0.1) is 0 Å². The SMILES string of the molecule is CC(C)c1ccc(NC(=O)C2CCN(C(=O)[C@@H]3Cc4ccccc4CN3)CC2)cc1. The average Bonchev–Trinajstić information content (AvgIpc) is 2.78. The van der Waals surface area contributed by atoms with Gasteiger partial charge in [-0.3, -0.25) is 9.59 Å². The van der Waals surface area contributed by atoms with Crippen molar-refractivity contribution in [2.45, 2.75) is 51.6 Å². The number of anilines is 1. The maximum absolute atomic E-state index is 13.0. The summed E-state index contributed by atoms with van der Waals surface area (Å²) in [4.78, 5) is 27.6. The van der Waals surface area contributed by atoms with Crippen molar-refractivity contribution >= 4 is 17.5 Å². The highest BCUT2D eigenvalue weighted by molar-refractivity contribution is 5.93. The summed E-state index contributed by atoms with van der Waals surface area (Å²) in [6.45, 7) is 6.33. The van der Waals surface area contributed by atoms with Crippen LogP contribution in [0.4, 0.5) is 5.69 Å². The van der Waals surface area contributed by atoms with Crippen LogP contribution < -0.4 is 10.6 Å². The number of amides is 2. The molecule has 0 unspecified atom stereocenters. The van der Waals surface area contributed by atoms with Gasteiger partial charge in [0.2, 0.25) is 11.8 Å². The number of nitrogens with one attached hydrogen (secondary N) is 2. The smallest absolute Gasteiger partial charge is 0.240 e. The topological polar surface area (TPSA) is 61.4 Å². The van der Waals surface area contributed by atoms with E-state index in [-0.39, 0.29) is 23.8 Å². The third-order valence-corrected chi connectivity index (χ3v) is 6.40. The lowest BCUT2D eigenvalue weighted by atomic mass is 9.92. The minimum Gasteiger partial charge on any atom is -0.341 e. The van der Waals surface area contributed by atoms with Gasteiger partial charge in [0.15, 0.2) is 0 Å². The summed E-state index contributed by atoms with van der Waals surface area (Å²) < 4.78 is 0. The van der Waals surface area contributed by atoms with Crippen molar-refractivity contribution in [3.63, 3.8) is 0 Å². The molecule has 5 nitrogen and oxygen atoms in total. The third-order valence-electron chi connectivity index (χ3n) is 6.40. The van der Waals surface area contributed by atoms with E-state index in [9.17, 15) is 9.59 Å². The van der Waals surface area contributed by atoms with Crippen molar-refractivity contribution in [2.24, 2.45) is 5.92 Å². The molecule has 0 spiro atoms. The van der Waals surface area contributed by atoms with Gasteiger partial charge >= 0.3 is 0 Å². The first-order chi connectivity index (χ1) is 14.5. The molecule has 5 heteroatoms. The predicted molar refractivity (Wildman–Crippen MR) is 119 cm³/mol. The number of fused-ring (bicyclic) bond motifs is 1. The molecule has 2 N–H and O–H groups in total. The fourth-order valence-electron chi connectivity index (χ4n) is 4.41. The largest absolute Gasteiger partial charge is 0.341 e. The summed E-state index contributed by atoms with van der Waals surface area (Å²) in [5, 5.41) is 6.42. The van der Waals surface area contributed by atoms with Gasteiger partial charge in [-0.2, -0.15) is 0 Å². The Morgan fingerprint density at radius 3 is 2.33 bits per heavy atom. The Bertz CT molecular complexity index is 899. The summed E-state index contributed by atoms with van der Waals surface area (Å²) in [6, 6.07) is 16.2. The number of hydrogen-bond acceptors (Lipinski definition) is 3. The van der Waals surface area contributed by atoms with Crippen molar-refractivity contribution in [2.75, 3.05) is 18.4 Å². The molecule has 158 valence electrons. The van der Waals surface area contributed by atoms with Crippen molar-refractivity contribution in [1.82, 2.24) is 10.2 Å². The lowest BCUT2D eigenvalue weighted by Crippen LogP contribution is -2.52. The Kier molecular flexibility index (Phi) is 6.18. The van der Waals surface area contributed by atoms with Crippen LogP contribution in [0.1, 0.15) is 49.3 Å². The van der Waals surface area contributed by atoms with E-state index in [2.05, 4.69) is 48.7 Å². The molecule has 2 aromatic rings. The maximum Gasteiger partial charge on any atom is 0.240 e. The number of benzene rings is 2. The first-order valence-electron chi connectivity index (χ1n) is 11.0. The maximum atomic E-state index is 13.0. The normalized spacial score (nSPS) is 19.4. The molecule has 2 amide bonds. The molecule has 0 radical (unpaired) electrons. The molecule has 2 aliphatic heterocycles. The second-order valence-electron chi connectivity index (χ2n) is 8.77. The zero-order chi connectivity index (χ0) is 21.1. The molecule has 1 saturated heterocycles. The lowest BCUT2D eigenvalue weighted by molar-refractivity contribution is -0.136. The Labute approximate surface area is 178 Å². The summed E-state index contributed by atoms with van der Waals surface area (Å²) in [7, 11) is 0.